The normalized spacial score (nSPS) is 13.3. The minimum absolute atomic E-state index is 0.360. The predicted octanol–water partition coefficient (Wildman–Crippen LogP) is 4.42. The first-order valence-electron chi connectivity index (χ1n) is 8.80. The number of aromatic nitrogens is 1. The lowest BCUT2D eigenvalue weighted by molar-refractivity contribution is -0.274. The van der Waals surface area contributed by atoms with Gasteiger partial charge in [-0.25, -0.2) is 4.99 Å². The van der Waals surface area contributed by atoms with E-state index in [-0.39, 0.29) is 5.75 Å². The van der Waals surface area contributed by atoms with Crippen LogP contribution >= 0.6 is 0 Å². The number of benzene rings is 2. The van der Waals surface area contributed by atoms with Crippen molar-refractivity contribution in [3.63, 3.8) is 0 Å². The standard InChI is InChI=1S/C21H15F3N4O2/c1-29-15-6-4-13(5-7-15)20-26-18-9-8-16(30-21(22,23)24)11-17(18)19(27-28-20)14-3-2-10-25-12-14/h2-12H,1H3,(H,26,28). The van der Waals surface area contributed by atoms with Gasteiger partial charge in [-0.1, -0.05) is 0 Å². The second-order valence-corrected chi connectivity index (χ2v) is 6.23. The Labute approximate surface area is 169 Å². The van der Waals surface area contributed by atoms with Crippen molar-refractivity contribution in [3.8, 4) is 11.5 Å². The average Bonchev–Trinajstić information content (AvgIpc) is 2.93. The van der Waals surface area contributed by atoms with Crippen molar-refractivity contribution in [2.75, 3.05) is 7.11 Å². The molecule has 2 heterocycles. The van der Waals surface area contributed by atoms with Crippen molar-refractivity contribution in [2.24, 2.45) is 10.1 Å². The van der Waals surface area contributed by atoms with Gasteiger partial charge in [0.05, 0.1) is 12.8 Å². The van der Waals surface area contributed by atoms with Gasteiger partial charge in [0, 0.05) is 29.1 Å². The van der Waals surface area contributed by atoms with Crippen LogP contribution < -0.4 is 14.9 Å². The van der Waals surface area contributed by atoms with Crippen LogP contribution in [0.5, 0.6) is 11.5 Å². The third-order valence-electron chi connectivity index (χ3n) is 4.26. The number of methoxy groups -OCH3 is 1. The summed E-state index contributed by atoms with van der Waals surface area (Å²) in [7, 11) is 1.57. The summed E-state index contributed by atoms with van der Waals surface area (Å²) in [4.78, 5) is 8.64. The number of ether oxygens (including phenoxy) is 2. The highest BCUT2D eigenvalue weighted by atomic mass is 19.4. The predicted molar refractivity (Wildman–Crippen MR) is 105 cm³/mol. The molecule has 1 aliphatic heterocycles. The van der Waals surface area contributed by atoms with Crippen LogP contribution in [0.25, 0.3) is 0 Å². The zero-order valence-electron chi connectivity index (χ0n) is 15.6. The number of pyridine rings is 1. The molecule has 0 amide bonds. The first kappa shape index (κ1) is 19.4. The molecule has 1 aromatic heterocycles. The molecule has 0 bridgehead atoms. The summed E-state index contributed by atoms with van der Waals surface area (Å²) < 4.78 is 47.4. The molecule has 6 nitrogen and oxygen atoms in total. The number of amidine groups is 1. The van der Waals surface area contributed by atoms with Gasteiger partial charge in [0.1, 0.15) is 17.2 Å². The monoisotopic (exact) mass is 412 g/mol. The molecule has 0 atom stereocenters. The molecule has 4 rings (SSSR count). The average molecular weight is 412 g/mol. The molecule has 3 aromatic rings. The zero-order chi connectivity index (χ0) is 21.1. The lowest BCUT2D eigenvalue weighted by Crippen LogP contribution is -2.19. The number of hydrazone groups is 1. The Kier molecular flexibility index (Phi) is 5.09. The Balaban J connectivity index is 1.82. The molecule has 0 aliphatic carbocycles. The summed E-state index contributed by atoms with van der Waals surface area (Å²) in [5.41, 5.74) is 5.44. The highest BCUT2D eigenvalue weighted by Crippen LogP contribution is 2.32. The molecule has 0 saturated carbocycles. The number of halogens is 3. The molecule has 152 valence electrons. The smallest absolute Gasteiger partial charge is 0.497 e. The van der Waals surface area contributed by atoms with Crippen LogP contribution in [0.15, 0.2) is 77.1 Å². The van der Waals surface area contributed by atoms with Crippen molar-refractivity contribution in [1.82, 2.24) is 10.4 Å². The van der Waals surface area contributed by atoms with Crippen LogP contribution in [-0.4, -0.2) is 30.0 Å². The van der Waals surface area contributed by atoms with Crippen molar-refractivity contribution in [2.45, 2.75) is 6.36 Å². The molecule has 2 aromatic carbocycles. The Morgan fingerprint density at radius 3 is 2.37 bits per heavy atom. The van der Waals surface area contributed by atoms with Crippen LogP contribution in [0.3, 0.4) is 0 Å². The molecule has 0 spiro atoms. The molecule has 9 heteroatoms. The summed E-state index contributed by atoms with van der Waals surface area (Å²) in [5.74, 6) is 0.755. The fourth-order valence-electron chi connectivity index (χ4n) is 2.91. The quantitative estimate of drug-likeness (QED) is 0.689. The van der Waals surface area contributed by atoms with E-state index >= 15 is 0 Å². The van der Waals surface area contributed by atoms with Gasteiger partial charge in [-0.2, -0.15) is 5.10 Å². The van der Waals surface area contributed by atoms with Crippen LogP contribution in [0.1, 0.15) is 16.7 Å². The SMILES string of the molecule is COc1ccc(C2=Nc3ccc(OC(F)(F)F)cc3C(c3cccnc3)=NN2)cc1. The van der Waals surface area contributed by atoms with Crippen molar-refractivity contribution < 1.29 is 22.6 Å². The summed E-state index contributed by atoms with van der Waals surface area (Å²) in [5, 5.41) is 4.40. The largest absolute Gasteiger partial charge is 0.573 e. The summed E-state index contributed by atoms with van der Waals surface area (Å²) in [6.07, 6.45) is -1.64. The fourth-order valence-corrected chi connectivity index (χ4v) is 2.91. The number of alkyl halides is 3. The number of nitrogens with zero attached hydrogens (tertiary/aromatic N) is 3. The second kappa shape index (κ2) is 7.86. The minimum atomic E-state index is -4.81. The van der Waals surface area contributed by atoms with Gasteiger partial charge in [0.25, 0.3) is 0 Å². The van der Waals surface area contributed by atoms with Gasteiger partial charge < -0.3 is 9.47 Å². The van der Waals surface area contributed by atoms with Gasteiger partial charge >= 0.3 is 6.36 Å². The van der Waals surface area contributed by atoms with E-state index in [1.54, 1.807) is 55.9 Å². The molecular formula is C21H15F3N4O2. The Hall–Kier alpha value is -3.88. The fraction of sp³-hybridized carbons (Fsp3) is 0.0952. The molecule has 0 fully saturated rings. The van der Waals surface area contributed by atoms with Crippen molar-refractivity contribution in [1.29, 1.82) is 0 Å². The zero-order valence-corrected chi connectivity index (χ0v) is 15.6. The highest BCUT2D eigenvalue weighted by Gasteiger charge is 2.31. The van der Waals surface area contributed by atoms with Crippen molar-refractivity contribution >= 4 is 17.2 Å². The molecule has 30 heavy (non-hydrogen) atoms. The lowest BCUT2D eigenvalue weighted by atomic mass is 10.0. The van der Waals surface area contributed by atoms with Crippen molar-refractivity contribution in [3.05, 3.63) is 83.7 Å². The van der Waals surface area contributed by atoms with E-state index in [1.165, 1.54) is 18.2 Å². The maximum Gasteiger partial charge on any atom is 0.573 e. The maximum absolute atomic E-state index is 12.7. The van der Waals surface area contributed by atoms with E-state index in [2.05, 4.69) is 25.2 Å². The summed E-state index contributed by atoms with van der Waals surface area (Å²) >= 11 is 0. The van der Waals surface area contributed by atoms with Crippen LogP contribution in [-0.2, 0) is 0 Å². The van der Waals surface area contributed by atoms with Crippen LogP contribution in [0.2, 0.25) is 0 Å². The van der Waals surface area contributed by atoms with E-state index in [4.69, 9.17) is 4.74 Å². The maximum atomic E-state index is 12.7. The van der Waals surface area contributed by atoms with E-state index in [0.717, 1.165) is 5.56 Å². The molecular weight excluding hydrogens is 397 g/mol. The van der Waals surface area contributed by atoms with Gasteiger partial charge in [-0.15, -0.1) is 13.2 Å². The molecule has 1 aliphatic rings. The van der Waals surface area contributed by atoms with Gasteiger partial charge in [-0.05, 0) is 54.6 Å². The number of hydrogen-bond acceptors (Lipinski definition) is 6. The van der Waals surface area contributed by atoms with Gasteiger partial charge in [-0.3, -0.25) is 10.4 Å². The number of hydrogen-bond donors (Lipinski definition) is 1. The molecule has 1 N–H and O–H groups in total. The van der Waals surface area contributed by atoms with Gasteiger partial charge in [0.2, 0.25) is 0 Å². The minimum Gasteiger partial charge on any atom is -0.497 e. The van der Waals surface area contributed by atoms with E-state index < -0.39 is 6.36 Å². The number of fused-ring (bicyclic) bond motifs is 1. The molecule has 0 radical (unpaired) electrons. The highest BCUT2D eigenvalue weighted by molar-refractivity contribution is 6.18. The lowest BCUT2D eigenvalue weighted by Gasteiger charge is -2.12. The third-order valence-corrected chi connectivity index (χ3v) is 4.26. The van der Waals surface area contributed by atoms with Crippen LogP contribution in [0, 0.1) is 0 Å². The van der Waals surface area contributed by atoms with E-state index in [0.29, 0.717) is 34.1 Å². The Morgan fingerprint density at radius 2 is 1.70 bits per heavy atom. The van der Waals surface area contributed by atoms with E-state index in [9.17, 15) is 13.2 Å². The van der Waals surface area contributed by atoms with E-state index in [1.807, 2.05) is 0 Å². The Morgan fingerprint density at radius 1 is 0.933 bits per heavy atom. The topological polar surface area (TPSA) is 68.1 Å². The summed E-state index contributed by atoms with van der Waals surface area (Å²) in [6.45, 7) is 0. The second-order valence-electron chi connectivity index (χ2n) is 6.23. The number of nitrogens with one attached hydrogen (secondary N) is 1. The number of aliphatic imine (C=N–C) groups is 1. The first-order chi connectivity index (χ1) is 14.4. The first-order valence-corrected chi connectivity index (χ1v) is 8.80. The summed E-state index contributed by atoms with van der Waals surface area (Å²) in [6, 6.07) is 14.6. The molecule has 0 saturated heterocycles. The number of rotatable bonds is 4. The van der Waals surface area contributed by atoms with Crippen LogP contribution in [0.4, 0.5) is 18.9 Å². The third kappa shape index (κ3) is 4.24. The van der Waals surface area contributed by atoms with Gasteiger partial charge in [0.15, 0.2) is 5.84 Å². The Bertz CT molecular complexity index is 1110. The molecule has 0 unspecified atom stereocenters.